The molecule has 3 N–H and O–H groups in total. The number of hydrogen-bond acceptors (Lipinski definition) is 5. The van der Waals surface area contributed by atoms with E-state index in [-0.39, 0.29) is 23.6 Å². The third kappa shape index (κ3) is 5.48. The van der Waals surface area contributed by atoms with E-state index in [2.05, 4.69) is 20.1 Å². The van der Waals surface area contributed by atoms with Crippen LogP contribution in [0.5, 0.6) is 5.75 Å². The predicted molar refractivity (Wildman–Crippen MR) is 130 cm³/mol. The molecule has 10 heteroatoms. The molecular formula is C26H25F2N5O3. The number of fused-ring (bicyclic) bond motifs is 1. The smallest absolute Gasteiger partial charge is 0.387 e. The van der Waals surface area contributed by atoms with E-state index >= 15 is 0 Å². The summed E-state index contributed by atoms with van der Waals surface area (Å²) in [7, 11) is 0. The van der Waals surface area contributed by atoms with Crippen LogP contribution in [0.2, 0.25) is 0 Å². The lowest BCUT2D eigenvalue weighted by Crippen LogP contribution is -2.15. The van der Waals surface area contributed by atoms with E-state index in [0.29, 0.717) is 35.4 Å². The summed E-state index contributed by atoms with van der Waals surface area (Å²) in [6.07, 6.45) is 2.29. The average molecular weight is 494 g/mol. The van der Waals surface area contributed by atoms with Crippen LogP contribution in [-0.4, -0.2) is 33.0 Å². The van der Waals surface area contributed by atoms with E-state index < -0.39 is 12.5 Å². The van der Waals surface area contributed by atoms with Crippen LogP contribution < -0.4 is 15.8 Å². The minimum absolute atomic E-state index is 0.0621. The number of benzene rings is 2. The summed E-state index contributed by atoms with van der Waals surface area (Å²) in [5.74, 6) is -0.799. The molecule has 4 aromatic rings. The third-order valence-electron chi connectivity index (χ3n) is 5.87. The Hall–Kier alpha value is -4.34. The number of nitrogens with one attached hydrogen (secondary N) is 1. The molecule has 0 aliphatic carbocycles. The van der Waals surface area contributed by atoms with Crippen LogP contribution >= 0.6 is 0 Å². The fourth-order valence-corrected chi connectivity index (χ4v) is 4.13. The molecule has 2 heterocycles. The van der Waals surface area contributed by atoms with Gasteiger partial charge in [0.05, 0.1) is 6.20 Å². The van der Waals surface area contributed by atoms with Crippen LogP contribution in [-0.2, 0) is 17.6 Å². The Bertz CT molecular complexity index is 1420. The highest BCUT2D eigenvalue weighted by Crippen LogP contribution is 2.27. The zero-order valence-corrected chi connectivity index (χ0v) is 19.8. The number of nitrogens with zero attached hydrogens (tertiary/aromatic N) is 3. The minimum atomic E-state index is -2.95. The number of aromatic nitrogens is 3. The largest absolute Gasteiger partial charge is 0.435 e. The van der Waals surface area contributed by atoms with E-state index in [1.54, 1.807) is 13.0 Å². The van der Waals surface area contributed by atoms with Crippen LogP contribution in [0, 0.1) is 13.8 Å². The number of carbonyl (C=O) groups is 2. The molecule has 0 radical (unpaired) electrons. The number of alkyl halides is 2. The molecule has 0 aliphatic heterocycles. The van der Waals surface area contributed by atoms with E-state index in [4.69, 9.17) is 5.73 Å². The Balaban J connectivity index is 1.49. The standard InChI is InChI=1S/C26H25F2N5O3/c1-15-20(16(2)33-25(31-15)21(14-30-33)24(29)35)9-11-23(34)32-19-8-10-22(36-26(27)28)18(13-19)12-17-6-4-3-5-7-17/h3-8,10,13-14,26H,9,11-12H2,1-2H3,(H2,29,35)(H,32,34). The van der Waals surface area contributed by atoms with Crippen LogP contribution in [0.3, 0.4) is 0 Å². The summed E-state index contributed by atoms with van der Waals surface area (Å²) < 4.78 is 32.0. The predicted octanol–water partition coefficient (Wildman–Crippen LogP) is 4.21. The van der Waals surface area contributed by atoms with Gasteiger partial charge in [0.15, 0.2) is 5.65 Å². The number of halogens is 2. The quantitative estimate of drug-likeness (QED) is 0.363. The van der Waals surface area contributed by atoms with Gasteiger partial charge in [0.2, 0.25) is 5.91 Å². The lowest BCUT2D eigenvalue weighted by atomic mass is 10.0. The number of primary amides is 1. The van der Waals surface area contributed by atoms with Crippen molar-refractivity contribution in [3.63, 3.8) is 0 Å². The highest BCUT2D eigenvalue weighted by Gasteiger charge is 2.18. The molecule has 0 saturated heterocycles. The van der Waals surface area contributed by atoms with Crippen molar-refractivity contribution in [1.29, 1.82) is 0 Å². The Morgan fingerprint density at radius 1 is 1.14 bits per heavy atom. The Labute approximate surface area is 206 Å². The van der Waals surface area contributed by atoms with Crippen LogP contribution in [0.25, 0.3) is 5.65 Å². The van der Waals surface area contributed by atoms with Gasteiger partial charge in [-0.3, -0.25) is 9.59 Å². The first kappa shape index (κ1) is 24.8. The summed E-state index contributed by atoms with van der Waals surface area (Å²) in [4.78, 5) is 28.8. The number of carbonyl (C=O) groups excluding carboxylic acids is 2. The second-order valence-electron chi connectivity index (χ2n) is 8.33. The van der Waals surface area contributed by atoms with Crippen molar-refractivity contribution in [2.75, 3.05) is 5.32 Å². The Morgan fingerprint density at radius 2 is 1.89 bits per heavy atom. The lowest BCUT2D eigenvalue weighted by molar-refractivity contribution is -0.116. The molecule has 2 amide bonds. The van der Waals surface area contributed by atoms with Gasteiger partial charge >= 0.3 is 6.61 Å². The van der Waals surface area contributed by atoms with Gasteiger partial charge in [0.1, 0.15) is 11.3 Å². The molecule has 0 atom stereocenters. The molecule has 0 saturated carbocycles. The Kier molecular flexibility index (Phi) is 7.23. The molecule has 0 unspecified atom stereocenters. The number of aryl methyl sites for hydroxylation is 2. The maximum atomic E-state index is 12.9. The fraction of sp³-hybridized carbons (Fsp3) is 0.231. The number of hydrogen-bond donors (Lipinski definition) is 2. The van der Waals surface area contributed by atoms with Crippen LogP contribution in [0.4, 0.5) is 14.5 Å². The normalized spacial score (nSPS) is 11.1. The third-order valence-corrected chi connectivity index (χ3v) is 5.87. The monoisotopic (exact) mass is 493 g/mol. The molecule has 0 fully saturated rings. The second-order valence-corrected chi connectivity index (χ2v) is 8.33. The summed E-state index contributed by atoms with van der Waals surface area (Å²) in [6.45, 7) is 0.686. The van der Waals surface area contributed by atoms with Crippen molar-refractivity contribution >= 4 is 23.1 Å². The molecule has 2 aromatic carbocycles. The van der Waals surface area contributed by atoms with Crippen LogP contribution in [0.15, 0.2) is 54.7 Å². The number of rotatable bonds is 9. The van der Waals surface area contributed by atoms with E-state index in [1.165, 1.54) is 22.8 Å². The van der Waals surface area contributed by atoms with Gasteiger partial charge in [0, 0.05) is 35.5 Å². The minimum Gasteiger partial charge on any atom is -0.435 e. The lowest BCUT2D eigenvalue weighted by Gasteiger charge is -2.14. The van der Waals surface area contributed by atoms with E-state index in [0.717, 1.165) is 16.8 Å². The van der Waals surface area contributed by atoms with Crippen molar-refractivity contribution in [2.24, 2.45) is 5.73 Å². The van der Waals surface area contributed by atoms with Crippen LogP contribution in [0.1, 0.15) is 44.9 Å². The molecule has 36 heavy (non-hydrogen) atoms. The zero-order chi connectivity index (χ0) is 25.8. The molecular weight excluding hydrogens is 468 g/mol. The van der Waals surface area contributed by atoms with Gasteiger partial charge in [-0.15, -0.1) is 0 Å². The first-order valence-corrected chi connectivity index (χ1v) is 11.3. The maximum Gasteiger partial charge on any atom is 0.387 e. The van der Waals surface area contributed by atoms with Crippen molar-refractivity contribution in [1.82, 2.24) is 14.6 Å². The first-order chi connectivity index (χ1) is 17.2. The van der Waals surface area contributed by atoms with Gasteiger partial charge in [-0.1, -0.05) is 30.3 Å². The van der Waals surface area contributed by atoms with Gasteiger partial charge in [-0.05, 0) is 49.6 Å². The molecule has 4 rings (SSSR count). The highest BCUT2D eigenvalue weighted by molar-refractivity contribution is 5.98. The van der Waals surface area contributed by atoms with Gasteiger partial charge < -0.3 is 15.8 Å². The molecule has 2 aromatic heterocycles. The highest BCUT2D eigenvalue weighted by atomic mass is 19.3. The molecule has 8 nitrogen and oxygen atoms in total. The van der Waals surface area contributed by atoms with Crippen molar-refractivity contribution in [3.05, 3.63) is 88.4 Å². The second kappa shape index (κ2) is 10.5. The fourth-order valence-electron chi connectivity index (χ4n) is 4.13. The topological polar surface area (TPSA) is 112 Å². The van der Waals surface area contributed by atoms with Crippen molar-refractivity contribution in [2.45, 2.75) is 39.7 Å². The van der Waals surface area contributed by atoms with Crippen molar-refractivity contribution < 1.29 is 23.1 Å². The number of nitrogens with two attached hydrogens (primary N) is 1. The summed E-state index contributed by atoms with van der Waals surface area (Å²) in [5.41, 5.74) is 10.2. The summed E-state index contributed by atoms with van der Waals surface area (Å²) in [5, 5.41) is 7.02. The van der Waals surface area contributed by atoms with E-state index in [9.17, 15) is 18.4 Å². The van der Waals surface area contributed by atoms with Crippen molar-refractivity contribution in [3.8, 4) is 5.75 Å². The molecule has 0 aliphatic rings. The maximum absolute atomic E-state index is 12.9. The Morgan fingerprint density at radius 3 is 2.58 bits per heavy atom. The van der Waals surface area contributed by atoms with Gasteiger partial charge in [-0.25, -0.2) is 9.50 Å². The summed E-state index contributed by atoms with van der Waals surface area (Å²) >= 11 is 0. The number of anilines is 1. The van der Waals surface area contributed by atoms with E-state index in [1.807, 2.05) is 37.3 Å². The molecule has 186 valence electrons. The first-order valence-electron chi connectivity index (χ1n) is 11.3. The summed E-state index contributed by atoms with van der Waals surface area (Å²) in [6, 6.07) is 14.0. The molecule has 0 spiro atoms. The molecule has 0 bridgehead atoms. The number of ether oxygens (including phenoxy) is 1. The van der Waals surface area contributed by atoms with Gasteiger partial charge in [-0.2, -0.15) is 13.9 Å². The number of amides is 2. The zero-order valence-electron chi connectivity index (χ0n) is 19.8. The van der Waals surface area contributed by atoms with Gasteiger partial charge in [0.25, 0.3) is 5.91 Å². The average Bonchev–Trinajstić information content (AvgIpc) is 3.25. The SMILES string of the molecule is Cc1nc2c(C(N)=O)cnn2c(C)c1CCC(=O)Nc1ccc(OC(F)F)c(Cc2ccccc2)c1.